The lowest BCUT2D eigenvalue weighted by Gasteiger charge is -2.04. The normalized spacial score (nSPS) is 10.5. The number of hydrazine groups is 1. The summed E-state index contributed by atoms with van der Waals surface area (Å²) in [5, 5.41) is 2.99. The van der Waals surface area contributed by atoms with Gasteiger partial charge in [0.1, 0.15) is 12.4 Å². The molecular formula is C16H17N3O3S. The zero-order chi connectivity index (χ0) is 16.7. The quantitative estimate of drug-likeness (QED) is 0.650. The van der Waals surface area contributed by atoms with E-state index in [-0.39, 0.29) is 5.91 Å². The Bertz CT molecular complexity index is 708. The Kier molecular flexibility index (Phi) is 5.87. The van der Waals surface area contributed by atoms with Crippen LogP contribution >= 0.6 is 11.3 Å². The van der Waals surface area contributed by atoms with Gasteiger partial charge in [0.25, 0.3) is 5.91 Å². The Balaban J connectivity index is 1.84. The van der Waals surface area contributed by atoms with Crippen LogP contribution in [0.25, 0.3) is 6.08 Å². The molecule has 0 aliphatic heterocycles. The smallest absolute Gasteiger partial charge is 0.262 e. The van der Waals surface area contributed by atoms with Crippen LogP contribution < -0.4 is 15.6 Å². The van der Waals surface area contributed by atoms with Crippen molar-refractivity contribution in [2.75, 3.05) is 0 Å². The van der Waals surface area contributed by atoms with Crippen molar-refractivity contribution in [1.82, 2.24) is 15.8 Å². The fraction of sp³-hybridized carbons (Fsp3) is 0.188. The summed E-state index contributed by atoms with van der Waals surface area (Å²) in [6.07, 6.45) is 2.98. The lowest BCUT2D eigenvalue weighted by molar-refractivity contribution is -0.125. The maximum atomic E-state index is 11.4. The summed E-state index contributed by atoms with van der Waals surface area (Å²) in [7, 11) is 0. The van der Waals surface area contributed by atoms with Crippen LogP contribution in [0.5, 0.6) is 5.75 Å². The van der Waals surface area contributed by atoms with E-state index in [1.807, 2.05) is 36.6 Å². The second-order valence-electron chi connectivity index (χ2n) is 4.72. The van der Waals surface area contributed by atoms with E-state index in [0.717, 1.165) is 22.0 Å². The number of nitrogens with one attached hydrogen (secondary N) is 2. The van der Waals surface area contributed by atoms with Gasteiger partial charge in [-0.1, -0.05) is 12.1 Å². The van der Waals surface area contributed by atoms with Crippen LogP contribution in [0, 0.1) is 6.92 Å². The van der Waals surface area contributed by atoms with Gasteiger partial charge in [0.2, 0.25) is 5.91 Å². The largest absolute Gasteiger partial charge is 0.487 e. The average Bonchev–Trinajstić information content (AvgIpc) is 2.95. The van der Waals surface area contributed by atoms with Crippen molar-refractivity contribution in [3.05, 3.63) is 52.0 Å². The number of amides is 2. The first kappa shape index (κ1) is 16.7. The van der Waals surface area contributed by atoms with Crippen molar-refractivity contribution in [3.8, 4) is 5.75 Å². The van der Waals surface area contributed by atoms with E-state index in [1.165, 1.54) is 13.0 Å². The molecule has 2 N–H and O–H groups in total. The van der Waals surface area contributed by atoms with Gasteiger partial charge in [0.05, 0.1) is 10.7 Å². The average molecular weight is 331 g/mol. The SMILES string of the molecule is CC(=O)NNC(=O)/C=C/c1ccc(OCc2csc(C)n2)cc1. The van der Waals surface area contributed by atoms with Crippen molar-refractivity contribution < 1.29 is 14.3 Å². The number of ether oxygens (including phenoxy) is 1. The van der Waals surface area contributed by atoms with Crippen LogP contribution in [0.4, 0.5) is 0 Å². The van der Waals surface area contributed by atoms with Crippen LogP contribution in [-0.2, 0) is 16.2 Å². The van der Waals surface area contributed by atoms with Crippen LogP contribution in [0.1, 0.15) is 23.2 Å². The van der Waals surface area contributed by atoms with E-state index >= 15 is 0 Å². The number of carbonyl (C=O) groups excluding carboxylic acids is 2. The van der Waals surface area contributed by atoms with Gasteiger partial charge in [-0.25, -0.2) is 4.98 Å². The maximum absolute atomic E-state index is 11.4. The molecule has 2 aromatic rings. The summed E-state index contributed by atoms with van der Waals surface area (Å²) >= 11 is 1.59. The van der Waals surface area contributed by atoms with Crippen LogP contribution in [0.3, 0.4) is 0 Å². The molecule has 1 aromatic heterocycles. The number of hydrogen-bond donors (Lipinski definition) is 2. The fourth-order valence-corrected chi connectivity index (χ4v) is 2.27. The number of carbonyl (C=O) groups is 2. The molecule has 0 atom stereocenters. The number of aromatic nitrogens is 1. The molecule has 0 saturated carbocycles. The van der Waals surface area contributed by atoms with Gasteiger partial charge in [0, 0.05) is 18.4 Å². The topological polar surface area (TPSA) is 80.3 Å². The standard InChI is InChI=1S/C16H17N3O3S/c1-11(20)18-19-16(21)8-5-13-3-6-15(7-4-13)22-9-14-10-23-12(2)17-14/h3-8,10H,9H2,1-2H3,(H,18,20)(H,19,21)/b8-5+. The van der Waals surface area contributed by atoms with Gasteiger partial charge in [0.15, 0.2) is 0 Å². The summed E-state index contributed by atoms with van der Waals surface area (Å²) in [6.45, 7) is 3.70. The first-order valence-corrected chi connectivity index (χ1v) is 7.79. The Morgan fingerprint density at radius 1 is 1.26 bits per heavy atom. The molecule has 7 heteroatoms. The van der Waals surface area contributed by atoms with Crippen molar-refractivity contribution in [2.24, 2.45) is 0 Å². The predicted octanol–water partition coefficient (Wildman–Crippen LogP) is 2.21. The highest BCUT2D eigenvalue weighted by Gasteiger charge is 2.00. The highest BCUT2D eigenvalue weighted by atomic mass is 32.1. The molecule has 0 aliphatic carbocycles. The monoisotopic (exact) mass is 331 g/mol. The molecule has 0 saturated heterocycles. The molecule has 2 amide bonds. The third-order valence-electron chi connectivity index (χ3n) is 2.72. The molecule has 1 aromatic carbocycles. The van der Waals surface area contributed by atoms with Crippen LogP contribution in [0.15, 0.2) is 35.7 Å². The van der Waals surface area contributed by atoms with Crippen molar-refractivity contribution in [2.45, 2.75) is 20.5 Å². The van der Waals surface area contributed by atoms with E-state index in [0.29, 0.717) is 6.61 Å². The Morgan fingerprint density at radius 3 is 2.61 bits per heavy atom. The van der Waals surface area contributed by atoms with Gasteiger partial charge >= 0.3 is 0 Å². The second-order valence-corrected chi connectivity index (χ2v) is 5.78. The molecule has 0 aliphatic rings. The van der Waals surface area contributed by atoms with E-state index in [4.69, 9.17) is 4.74 Å². The number of rotatable bonds is 5. The van der Waals surface area contributed by atoms with Gasteiger partial charge in [-0.05, 0) is 30.7 Å². The van der Waals surface area contributed by atoms with Gasteiger partial charge in [-0.15, -0.1) is 11.3 Å². The highest BCUT2D eigenvalue weighted by Crippen LogP contribution is 2.16. The van der Waals surface area contributed by atoms with Gasteiger partial charge in [-0.3, -0.25) is 20.4 Å². The number of hydrogen-bond acceptors (Lipinski definition) is 5. The number of benzene rings is 1. The molecule has 120 valence electrons. The molecule has 0 fully saturated rings. The van der Waals surface area contributed by atoms with E-state index in [2.05, 4.69) is 15.8 Å². The summed E-state index contributed by atoms with van der Waals surface area (Å²) in [4.78, 5) is 26.4. The summed E-state index contributed by atoms with van der Waals surface area (Å²) < 4.78 is 5.64. The van der Waals surface area contributed by atoms with E-state index < -0.39 is 5.91 Å². The molecule has 1 heterocycles. The molecule has 0 spiro atoms. The van der Waals surface area contributed by atoms with E-state index in [9.17, 15) is 9.59 Å². The first-order valence-electron chi connectivity index (χ1n) is 6.91. The molecular weight excluding hydrogens is 314 g/mol. The van der Waals surface area contributed by atoms with Crippen LogP contribution in [0.2, 0.25) is 0 Å². The van der Waals surface area contributed by atoms with Crippen molar-refractivity contribution in [3.63, 3.8) is 0 Å². The van der Waals surface area contributed by atoms with Crippen molar-refractivity contribution >= 4 is 29.2 Å². The fourth-order valence-electron chi connectivity index (χ4n) is 1.67. The zero-order valence-electron chi connectivity index (χ0n) is 12.8. The minimum Gasteiger partial charge on any atom is -0.487 e. The molecule has 0 unspecified atom stereocenters. The Hall–Kier alpha value is -2.67. The molecule has 0 radical (unpaired) electrons. The van der Waals surface area contributed by atoms with Crippen LogP contribution in [-0.4, -0.2) is 16.8 Å². The summed E-state index contributed by atoms with van der Waals surface area (Å²) in [6, 6.07) is 7.32. The first-order chi connectivity index (χ1) is 11.0. The number of aryl methyl sites for hydroxylation is 1. The lowest BCUT2D eigenvalue weighted by Crippen LogP contribution is -2.39. The maximum Gasteiger partial charge on any atom is 0.262 e. The zero-order valence-corrected chi connectivity index (χ0v) is 13.6. The molecule has 6 nitrogen and oxygen atoms in total. The van der Waals surface area contributed by atoms with Gasteiger partial charge < -0.3 is 4.74 Å². The number of nitrogens with zero attached hydrogens (tertiary/aromatic N) is 1. The second kappa shape index (κ2) is 8.09. The van der Waals surface area contributed by atoms with Crippen molar-refractivity contribution in [1.29, 1.82) is 0 Å². The lowest BCUT2D eigenvalue weighted by atomic mass is 10.2. The minimum atomic E-state index is -0.403. The van der Waals surface area contributed by atoms with E-state index in [1.54, 1.807) is 17.4 Å². The highest BCUT2D eigenvalue weighted by molar-refractivity contribution is 7.09. The Morgan fingerprint density at radius 2 is 2.00 bits per heavy atom. The minimum absolute atomic E-state index is 0.330. The molecule has 23 heavy (non-hydrogen) atoms. The molecule has 2 rings (SSSR count). The third kappa shape index (κ3) is 5.91. The number of thiazole rings is 1. The van der Waals surface area contributed by atoms with Gasteiger partial charge in [-0.2, -0.15) is 0 Å². The molecule has 0 bridgehead atoms. The third-order valence-corrected chi connectivity index (χ3v) is 3.54. The summed E-state index contributed by atoms with van der Waals surface area (Å²) in [5.41, 5.74) is 6.21. The summed E-state index contributed by atoms with van der Waals surface area (Å²) in [5.74, 6) is -0.00140. The Labute approximate surface area is 138 Å². The predicted molar refractivity (Wildman–Crippen MR) is 88.6 cm³/mol.